The first kappa shape index (κ1) is 71.4. The molecule has 3 aliphatic heterocycles. The number of alkyl halides is 4. The summed E-state index contributed by atoms with van der Waals surface area (Å²) in [5.41, 5.74) is -2.42. The smallest absolute Gasteiger partial charge is 0.374 e. The Balaban J connectivity index is 0.000000194. The largest absolute Gasteiger partial charge is 0.386 e. The highest BCUT2D eigenvalue weighted by molar-refractivity contribution is 7.95. The zero-order valence-corrected chi connectivity index (χ0v) is 54.5. The summed E-state index contributed by atoms with van der Waals surface area (Å²) in [4.78, 5) is 34.7. The number of nitrogens with zero attached hydrogens (tertiary/aromatic N) is 9. The van der Waals surface area contributed by atoms with Gasteiger partial charge in [-0.25, -0.2) is 81.5 Å². The van der Waals surface area contributed by atoms with Crippen LogP contribution in [0, 0.1) is 17.5 Å². The van der Waals surface area contributed by atoms with Crippen molar-refractivity contribution in [2.75, 3.05) is 5.75 Å². The molecule has 0 radical (unpaired) electrons. The van der Waals surface area contributed by atoms with Gasteiger partial charge in [-0.1, -0.05) is 53.0 Å². The highest BCUT2D eigenvalue weighted by Crippen LogP contribution is 2.54. The normalized spacial score (nSPS) is 24.2. The van der Waals surface area contributed by atoms with E-state index in [9.17, 15) is 51.6 Å². The molecule has 0 unspecified atom stereocenters. The molecule has 3 aromatic heterocycles. The fraction of sp³-hybridized carbons (Fsp3) is 0.339. The predicted molar refractivity (Wildman–Crippen MR) is 331 cm³/mol. The highest BCUT2D eigenvalue weighted by atomic mass is 35.5. The summed E-state index contributed by atoms with van der Waals surface area (Å²) < 4.78 is 219. The molecule has 0 saturated heterocycles. The maximum absolute atomic E-state index is 15.3. The average Bonchev–Trinajstić information content (AvgIpc) is 0.810. The Kier molecular flexibility index (Phi) is 19.4. The predicted octanol–water partition coefficient (Wildman–Crippen LogP) is 13.9. The van der Waals surface area contributed by atoms with E-state index >= 15 is 17.6 Å². The molecule has 16 nitrogen and oxygen atoms in total. The quantitative estimate of drug-likeness (QED) is 0.133. The minimum atomic E-state index is -5.22. The van der Waals surface area contributed by atoms with Crippen LogP contribution in [0.15, 0.2) is 107 Å². The number of sulfone groups is 3. The van der Waals surface area contributed by atoms with Crippen molar-refractivity contribution < 1.29 is 69.2 Å². The minimum absolute atomic E-state index is 0.00207. The van der Waals surface area contributed by atoms with E-state index in [4.69, 9.17) is 40.5 Å². The topological polar surface area (TPSA) is 243 Å². The molecule has 6 heterocycles. The third-order valence-corrected chi connectivity index (χ3v) is 24.7. The van der Waals surface area contributed by atoms with Crippen molar-refractivity contribution in [2.45, 2.75) is 118 Å². The number of rotatable bonds is 9. The zero-order valence-electron chi connectivity index (χ0n) is 49.8. The molecule has 0 amide bonds. The summed E-state index contributed by atoms with van der Waals surface area (Å²) in [6, 6.07) is 9.73. The van der Waals surface area contributed by atoms with E-state index < -0.39 is 123 Å². The Labute approximate surface area is 532 Å². The first-order chi connectivity index (χ1) is 41.7. The monoisotopic (exact) mass is 1390 g/mol. The summed E-state index contributed by atoms with van der Waals surface area (Å²) in [5, 5.41) is -8.71. The van der Waals surface area contributed by atoms with E-state index in [1.165, 1.54) is 43.6 Å². The minimum Gasteiger partial charge on any atom is -0.386 e. The fourth-order valence-corrected chi connectivity index (χ4v) is 14.9. The number of nitrogens with two attached hydrogens (primary N) is 1. The Morgan fingerprint density at radius 1 is 0.462 bits per heavy atom. The van der Waals surface area contributed by atoms with Crippen LogP contribution < -0.4 is 5.73 Å². The lowest BCUT2D eigenvalue weighted by molar-refractivity contribution is 0.00747. The summed E-state index contributed by atoms with van der Waals surface area (Å²) in [5.74, 6) is -6.27. The third-order valence-electron chi connectivity index (χ3n) is 16.0. The second-order valence-corrected chi connectivity index (χ2v) is 31.8. The van der Waals surface area contributed by atoms with Gasteiger partial charge in [0.05, 0.1) is 48.5 Å². The van der Waals surface area contributed by atoms with Crippen LogP contribution in [0.3, 0.4) is 0 Å². The van der Waals surface area contributed by atoms with Crippen LogP contribution >= 0.6 is 34.8 Å². The van der Waals surface area contributed by atoms with Crippen molar-refractivity contribution >= 4 is 117 Å². The number of halogens is 13. The number of aliphatic imine (C=N–C) groups is 3. The molecule has 0 bridgehead atoms. The van der Waals surface area contributed by atoms with Gasteiger partial charge in [-0.2, -0.15) is 17.6 Å². The SMILES string of the molecule is CC1(C)C(N)=N[C@](C)(c2cc(/C=C(\F)c3cnc(Cl)cn3)ccc2F)C(F)(F)S1(=O)=O.CC1=N[C@](C)(c2cc(/C=C(\F)c3cnc(Cl)cn3)ccc2F)C(F)(F)S(=O)(=O)C1(C)C.CC1=N[C@](C)(c2cc(/C=C(\F)c3cnc(Cl)cn3)ccc2F)CS(=O)(=O)C1(C)C. The van der Waals surface area contributed by atoms with Gasteiger partial charge in [0.25, 0.3) is 0 Å². The maximum Gasteiger partial charge on any atom is 0.374 e. The van der Waals surface area contributed by atoms with E-state index in [1.54, 1.807) is 27.7 Å². The first-order valence-corrected chi connectivity index (χ1v) is 32.3. The lowest BCUT2D eigenvalue weighted by Gasteiger charge is -2.44. The molecular formula is C59H55Cl3F10N10O6S3. The van der Waals surface area contributed by atoms with E-state index in [0.717, 1.165) is 115 Å². The lowest BCUT2D eigenvalue weighted by Crippen LogP contribution is -2.63. The maximum atomic E-state index is 15.3. The van der Waals surface area contributed by atoms with Gasteiger partial charge in [-0.3, -0.25) is 15.0 Å². The number of benzene rings is 3. The summed E-state index contributed by atoms with van der Waals surface area (Å²) in [6.07, 6.45) is 9.74. The van der Waals surface area contributed by atoms with Crippen LogP contribution in [0.4, 0.5) is 43.9 Å². The second-order valence-electron chi connectivity index (χ2n) is 23.0. The molecule has 0 saturated carbocycles. The molecule has 0 aliphatic carbocycles. The molecule has 9 rings (SSSR count). The Morgan fingerprint density at radius 2 is 0.780 bits per heavy atom. The summed E-state index contributed by atoms with van der Waals surface area (Å²) in [7, 11) is -13.9. The molecular weight excluding hydrogens is 1340 g/mol. The van der Waals surface area contributed by atoms with Gasteiger partial charge in [0.15, 0.2) is 38.4 Å². The van der Waals surface area contributed by atoms with Crippen LogP contribution in [0.2, 0.25) is 15.5 Å². The molecule has 3 aliphatic rings. The van der Waals surface area contributed by atoms with Crippen LogP contribution in [0.25, 0.3) is 35.7 Å². The third kappa shape index (κ3) is 12.8. The molecule has 0 spiro atoms. The first-order valence-electron chi connectivity index (χ1n) is 26.6. The van der Waals surface area contributed by atoms with E-state index in [-0.39, 0.29) is 60.7 Å². The van der Waals surface area contributed by atoms with Crippen LogP contribution in [0.1, 0.15) is 127 Å². The van der Waals surface area contributed by atoms with Gasteiger partial charge in [-0.15, -0.1) is 0 Å². The van der Waals surface area contributed by atoms with Crippen LogP contribution in [0.5, 0.6) is 0 Å². The van der Waals surface area contributed by atoms with Gasteiger partial charge >= 0.3 is 10.5 Å². The number of hydrogen-bond acceptors (Lipinski definition) is 16. The summed E-state index contributed by atoms with van der Waals surface area (Å²) in [6.45, 7) is 13.5. The number of hydrogen-bond donors (Lipinski definition) is 1. The van der Waals surface area contributed by atoms with Crippen molar-refractivity contribution in [2.24, 2.45) is 20.7 Å². The molecule has 91 heavy (non-hydrogen) atoms. The lowest BCUT2D eigenvalue weighted by atomic mass is 9.89. The molecule has 3 aromatic carbocycles. The molecule has 6 aromatic rings. The van der Waals surface area contributed by atoms with Crippen molar-refractivity contribution in [1.29, 1.82) is 0 Å². The summed E-state index contributed by atoms with van der Waals surface area (Å²) >= 11 is 16.9. The van der Waals surface area contributed by atoms with Crippen molar-refractivity contribution in [3.63, 3.8) is 0 Å². The molecule has 2 N–H and O–H groups in total. The number of aromatic nitrogens is 6. The van der Waals surface area contributed by atoms with Gasteiger partial charge in [-0.05, 0) is 147 Å². The Morgan fingerprint density at radius 3 is 1.12 bits per heavy atom. The van der Waals surface area contributed by atoms with Crippen molar-refractivity contribution in [1.82, 2.24) is 29.9 Å². The molecule has 486 valence electrons. The zero-order chi connectivity index (χ0) is 68.4. The van der Waals surface area contributed by atoms with Crippen molar-refractivity contribution in [3.8, 4) is 0 Å². The van der Waals surface area contributed by atoms with E-state index in [2.05, 4.69) is 44.9 Å². The van der Waals surface area contributed by atoms with Gasteiger partial charge in [0, 0.05) is 28.1 Å². The Hall–Kier alpha value is -7.05. The van der Waals surface area contributed by atoms with Crippen LogP contribution in [-0.4, -0.2) is 103 Å². The van der Waals surface area contributed by atoms with E-state index in [0.29, 0.717) is 11.3 Å². The number of amidine groups is 1. The molecule has 32 heteroatoms. The average molecular weight is 1390 g/mol. The Bertz CT molecular complexity index is 4260. The van der Waals surface area contributed by atoms with Gasteiger partial charge < -0.3 is 5.73 Å². The van der Waals surface area contributed by atoms with E-state index in [1.807, 2.05) is 0 Å². The van der Waals surface area contributed by atoms with Crippen molar-refractivity contribution in [3.05, 3.63) is 175 Å². The highest BCUT2D eigenvalue weighted by Gasteiger charge is 2.71. The standard InChI is InChI=1S/C20H18ClF4N3O2S.C20H20ClF2N3O2S.C19H17ClF4N4O2S/c1-11-18(2,3)31(29,30)20(24,25)19(4,28-11)13-7-12(5-6-14(13)22)8-15(23)16-9-27-17(21)10-26-16;1-12-19(2,3)29(27,28)11-20(4,26-12)14-7-13(5-6-15(14)22)8-16(23)17-9-25-18(21)10-24-17;1-17(2)16(25)28-18(3,19(23,24)31(17,29)30)11-6-10(4-5-12(11)21)7-13(22)14-8-27-15(20)9-26-14/h5-10H,1-4H3;5-10H,11H2,1-4H3;4-9H,1-3H3,(H2,25,28)/b15-8-;16-8-;13-7-/t19-;20-;18-/m101/s1. The molecule has 3 atom stereocenters. The second kappa shape index (κ2) is 24.8. The van der Waals surface area contributed by atoms with Crippen LogP contribution in [-0.2, 0) is 46.1 Å². The fourth-order valence-electron chi connectivity index (χ4n) is 9.38. The van der Waals surface area contributed by atoms with Gasteiger partial charge in [0.2, 0.25) is 19.7 Å². The van der Waals surface area contributed by atoms with Gasteiger partial charge in [0.1, 0.15) is 70.1 Å². The molecule has 0 fully saturated rings.